The lowest BCUT2D eigenvalue weighted by molar-refractivity contribution is 0.470. The van der Waals surface area contributed by atoms with Crippen LogP contribution in [0.3, 0.4) is 0 Å². The second-order valence-corrected chi connectivity index (χ2v) is 3.78. The number of rotatable bonds is 2. The molecule has 0 radical (unpaired) electrons. The second kappa shape index (κ2) is 4.31. The molecule has 2 heterocycles. The van der Waals surface area contributed by atoms with E-state index in [2.05, 4.69) is 9.97 Å². The van der Waals surface area contributed by atoms with Gasteiger partial charge in [0, 0.05) is 18.1 Å². The normalized spacial score (nSPS) is 10.2. The first-order valence-corrected chi connectivity index (χ1v) is 5.19. The third kappa shape index (κ3) is 2.19. The minimum absolute atomic E-state index is 0.784. The Morgan fingerprint density at radius 1 is 1.06 bits per heavy atom. The molecular weight excluding hydrogens is 200 g/mol. The van der Waals surface area contributed by atoms with Crippen LogP contribution in [0, 0.1) is 20.8 Å². The molecule has 0 aliphatic heterocycles. The molecule has 0 N–H and O–H groups in total. The molecule has 0 bridgehead atoms. The number of aryl methyl sites for hydroxylation is 3. The molecule has 0 saturated carbocycles. The third-order valence-corrected chi connectivity index (χ3v) is 2.33. The van der Waals surface area contributed by atoms with Gasteiger partial charge < -0.3 is 4.74 Å². The van der Waals surface area contributed by atoms with Crippen molar-refractivity contribution in [3.8, 4) is 11.5 Å². The van der Waals surface area contributed by atoms with Gasteiger partial charge in [0.1, 0.15) is 5.75 Å². The molecule has 0 amide bonds. The van der Waals surface area contributed by atoms with Crippen LogP contribution >= 0.6 is 0 Å². The van der Waals surface area contributed by atoms with Crippen LogP contribution in [0.15, 0.2) is 30.6 Å². The van der Waals surface area contributed by atoms with Gasteiger partial charge in [0.25, 0.3) is 0 Å². The average Bonchev–Trinajstić information content (AvgIpc) is 2.25. The van der Waals surface area contributed by atoms with Crippen molar-refractivity contribution in [1.82, 2.24) is 9.97 Å². The summed E-state index contributed by atoms with van der Waals surface area (Å²) in [6.07, 6.45) is 3.42. The summed E-state index contributed by atoms with van der Waals surface area (Å²) >= 11 is 0. The van der Waals surface area contributed by atoms with E-state index in [0.717, 1.165) is 28.5 Å². The van der Waals surface area contributed by atoms with Gasteiger partial charge >= 0.3 is 0 Å². The molecule has 0 aromatic carbocycles. The van der Waals surface area contributed by atoms with E-state index >= 15 is 0 Å². The molecule has 3 heteroatoms. The number of pyridine rings is 2. The fraction of sp³-hybridized carbons (Fsp3) is 0.231. The van der Waals surface area contributed by atoms with Gasteiger partial charge in [-0.3, -0.25) is 9.97 Å². The zero-order chi connectivity index (χ0) is 11.5. The van der Waals surface area contributed by atoms with Crippen molar-refractivity contribution < 1.29 is 4.74 Å². The van der Waals surface area contributed by atoms with Crippen molar-refractivity contribution in [1.29, 1.82) is 0 Å². The van der Waals surface area contributed by atoms with Crippen molar-refractivity contribution in [2.75, 3.05) is 0 Å². The summed E-state index contributed by atoms with van der Waals surface area (Å²) in [7, 11) is 0. The van der Waals surface area contributed by atoms with E-state index in [0.29, 0.717) is 0 Å². The number of nitrogens with zero attached hydrogens (tertiary/aromatic N) is 2. The van der Waals surface area contributed by atoms with Crippen LogP contribution in [0.2, 0.25) is 0 Å². The van der Waals surface area contributed by atoms with Gasteiger partial charge in [0.05, 0.1) is 5.69 Å². The Morgan fingerprint density at radius 3 is 2.38 bits per heavy atom. The van der Waals surface area contributed by atoms with E-state index in [4.69, 9.17) is 4.74 Å². The Balaban J connectivity index is 2.35. The lowest BCUT2D eigenvalue weighted by Crippen LogP contribution is -1.95. The van der Waals surface area contributed by atoms with Gasteiger partial charge in [-0.15, -0.1) is 0 Å². The molecule has 16 heavy (non-hydrogen) atoms. The summed E-state index contributed by atoms with van der Waals surface area (Å²) < 4.78 is 5.79. The number of hydrogen-bond donors (Lipinski definition) is 0. The van der Waals surface area contributed by atoms with Gasteiger partial charge in [0.2, 0.25) is 0 Å². The van der Waals surface area contributed by atoms with Crippen LogP contribution in [0.25, 0.3) is 0 Å². The van der Waals surface area contributed by atoms with E-state index < -0.39 is 0 Å². The van der Waals surface area contributed by atoms with Crippen LogP contribution in [0.5, 0.6) is 11.5 Å². The van der Waals surface area contributed by atoms with Crippen molar-refractivity contribution >= 4 is 0 Å². The summed E-state index contributed by atoms with van der Waals surface area (Å²) in [4.78, 5) is 8.34. The first-order valence-electron chi connectivity index (χ1n) is 5.19. The quantitative estimate of drug-likeness (QED) is 0.770. The summed E-state index contributed by atoms with van der Waals surface area (Å²) in [6.45, 7) is 5.96. The number of aromatic nitrogens is 2. The minimum Gasteiger partial charge on any atom is -0.455 e. The molecule has 0 unspecified atom stereocenters. The van der Waals surface area contributed by atoms with E-state index in [1.165, 1.54) is 0 Å². The molecule has 0 fully saturated rings. The van der Waals surface area contributed by atoms with E-state index in [-0.39, 0.29) is 0 Å². The van der Waals surface area contributed by atoms with Crippen molar-refractivity contribution in [3.63, 3.8) is 0 Å². The Labute approximate surface area is 95.1 Å². The first-order chi connectivity index (χ1) is 7.66. The highest BCUT2D eigenvalue weighted by atomic mass is 16.5. The topological polar surface area (TPSA) is 35.0 Å². The summed E-state index contributed by atoms with van der Waals surface area (Å²) in [5.74, 6) is 1.61. The van der Waals surface area contributed by atoms with Gasteiger partial charge in [-0.2, -0.15) is 0 Å². The third-order valence-electron chi connectivity index (χ3n) is 2.33. The van der Waals surface area contributed by atoms with Crippen LogP contribution in [0.1, 0.15) is 17.0 Å². The molecular formula is C13H14N2O. The predicted octanol–water partition coefficient (Wildman–Crippen LogP) is 3.19. The fourth-order valence-electron chi connectivity index (χ4n) is 1.69. The van der Waals surface area contributed by atoms with E-state index in [1.807, 2.05) is 39.0 Å². The van der Waals surface area contributed by atoms with Gasteiger partial charge in [0.15, 0.2) is 5.75 Å². The average molecular weight is 214 g/mol. The maximum Gasteiger partial charge on any atom is 0.151 e. The Bertz CT molecular complexity index is 472. The number of ether oxygens (including phenoxy) is 1. The monoisotopic (exact) mass is 214 g/mol. The second-order valence-electron chi connectivity index (χ2n) is 3.78. The maximum absolute atomic E-state index is 5.79. The Hall–Kier alpha value is -1.90. The maximum atomic E-state index is 5.79. The fourth-order valence-corrected chi connectivity index (χ4v) is 1.69. The Morgan fingerprint density at radius 2 is 1.75 bits per heavy atom. The van der Waals surface area contributed by atoms with E-state index in [1.54, 1.807) is 12.4 Å². The highest BCUT2D eigenvalue weighted by molar-refractivity contribution is 5.40. The predicted molar refractivity (Wildman–Crippen MR) is 62.8 cm³/mol. The van der Waals surface area contributed by atoms with Crippen LogP contribution in [-0.4, -0.2) is 9.97 Å². The largest absolute Gasteiger partial charge is 0.455 e. The van der Waals surface area contributed by atoms with Crippen LogP contribution in [0.4, 0.5) is 0 Å². The summed E-state index contributed by atoms with van der Waals surface area (Å²) in [5.41, 5.74) is 3.02. The zero-order valence-electron chi connectivity index (χ0n) is 9.69. The number of hydrogen-bond acceptors (Lipinski definition) is 3. The lowest BCUT2D eigenvalue weighted by Gasteiger charge is -2.11. The summed E-state index contributed by atoms with van der Waals surface area (Å²) in [6, 6.07) is 5.68. The van der Waals surface area contributed by atoms with Gasteiger partial charge in [-0.05, 0) is 44.5 Å². The molecule has 0 saturated heterocycles. The SMILES string of the molecule is Cc1cc(C)c(Oc2ccncc2)c(C)n1. The van der Waals surface area contributed by atoms with E-state index in [9.17, 15) is 0 Å². The van der Waals surface area contributed by atoms with Crippen molar-refractivity contribution in [3.05, 3.63) is 47.5 Å². The zero-order valence-corrected chi connectivity index (χ0v) is 9.69. The molecule has 0 atom stereocenters. The van der Waals surface area contributed by atoms with Gasteiger partial charge in [-0.25, -0.2) is 0 Å². The van der Waals surface area contributed by atoms with Crippen LogP contribution in [-0.2, 0) is 0 Å². The van der Waals surface area contributed by atoms with Crippen molar-refractivity contribution in [2.45, 2.75) is 20.8 Å². The molecule has 2 rings (SSSR count). The molecule has 0 aliphatic rings. The molecule has 0 spiro atoms. The highest BCUT2D eigenvalue weighted by Gasteiger charge is 2.07. The minimum atomic E-state index is 0.784. The molecule has 0 aliphatic carbocycles. The molecule has 2 aromatic heterocycles. The standard InChI is InChI=1S/C13H14N2O/c1-9-8-10(2)15-11(3)13(9)16-12-4-6-14-7-5-12/h4-8H,1-3H3. The first kappa shape index (κ1) is 10.6. The van der Waals surface area contributed by atoms with Crippen LogP contribution < -0.4 is 4.74 Å². The molecule has 2 aromatic rings. The smallest absolute Gasteiger partial charge is 0.151 e. The molecule has 3 nitrogen and oxygen atoms in total. The van der Waals surface area contributed by atoms with Gasteiger partial charge in [-0.1, -0.05) is 0 Å². The Kier molecular flexibility index (Phi) is 2.86. The highest BCUT2D eigenvalue weighted by Crippen LogP contribution is 2.27. The van der Waals surface area contributed by atoms with Crippen molar-refractivity contribution in [2.24, 2.45) is 0 Å². The summed E-state index contributed by atoms with van der Waals surface area (Å²) in [5, 5.41) is 0. The molecule has 82 valence electrons. The lowest BCUT2D eigenvalue weighted by atomic mass is 10.2.